The van der Waals surface area contributed by atoms with Crippen LogP contribution in [-0.4, -0.2) is 40.5 Å². The van der Waals surface area contributed by atoms with Crippen LogP contribution in [0.1, 0.15) is 22.8 Å². The fourth-order valence-corrected chi connectivity index (χ4v) is 5.61. The van der Waals surface area contributed by atoms with E-state index in [2.05, 4.69) is 30.4 Å². The number of carbonyl (C=O) groups is 1. The molecule has 0 bridgehead atoms. The predicted octanol–water partition coefficient (Wildman–Crippen LogP) is 2.86. The Labute approximate surface area is 167 Å². The van der Waals surface area contributed by atoms with Crippen molar-refractivity contribution in [1.82, 2.24) is 20.4 Å². The van der Waals surface area contributed by atoms with Gasteiger partial charge in [-0.05, 0) is 24.8 Å². The average molecular weight is 443 g/mol. The van der Waals surface area contributed by atoms with Crippen molar-refractivity contribution in [2.24, 2.45) is 0 Å². The van der Waals surface area contributed by atoms with Gasteiger partial charge in [0.05, 0.1) is 0 Å². The summed E-state index contributed by atoms with van der Waals surface area (Å²) in [6, 6.07) is 6.96. The van der Waals surface area contributed by atoms with Crippen LogP contribution in [0.3, 0.4) is 0 Å². The van der Waals surface area contributed by atoms with Gasteiger partial charge < -0.3 is 0 Å². The number of nitrogens with one attached hydrogen (secondary N) is 2. The molecule has 0 aliphatic carbocycles. The van der Waals surface area contributed by atoms with E-state index in [-0.39, 0.29) is 14.6 Å². The number of hydrogen-bond acceptors (Lipinski definition) is 10. The molecule has 0 radical (unpaired) electrons. The summed E-state index contributed by atoms with van der Waals surface area (Å²) in [5, 5.41) is 17.8. The average Bonchev–Trinajstić information content (AvgIpc) is 3.25. The minimum absolute atomic E-state index is 0.0837. The molecule has 0 aliphatic rings. The zero-order valence-corrected chi connectivity index (χ0v) is 17.4. The number of benzene rings is 1. The van der Waals surface area contributed by atoms with E-state index in [0.717, 1.165) is 34.0 Å². The molecule has 0 unspecified atom stereocenters. The van der Waals surface area contributed by atoms with Crippen LogP contribution in [0, 0.1) is 6.92 Å². The Hall–Kier alpha value is -2.09. The number of thioether (sulfide) groups is 1. The van der Waals surface area contributed by atoms with E-state index >= 15 is 0 Å². The lowest BCUT2D eigenvalue weighted by molar-refractivity contribution is 0.102. The first-order chi connectivity index (χ1) is 12.9. The van der Waals surface area contributed by atoms with Gasteiger partial charge >= 0.3 is 0 Å². The summed E-state index contributed by atoms with van der Waals surface area (Å²) < 4.78 is 27.5. The highest BCUT2D eigenvalue weighted by atomic mass is 32.2. The van der Waals surface area contributed by atoms with Crippen LogP contribution >= 0.6 is 34.4 Å². The topological polar surface area (TPSA) is 127 Å². The van der Waals surface area contributed by atoms with E-state index in [4.69, 9.17) is 0 Å². The molecular formula is C14H14N6O3S4. The molecule has 9 nitrogen and oxygen atoms in total. The molecule has 1 amide bonds. The lowest BCUT2D eigenvalue weighted by Crippen LogP contribution is -2.12. The summed E-state index contributed by atoms with van der Waals surface area (Å²) in [6.07, 6.45) is 0. The molecule has 3 rings (SSSR count). The van der Waals surface area contributed by atoms with Gasteiger partial charge in [0.1, 0.15) is 0 Å². The third-order valence-electron chi connectivity index (χ3n) is 3.07. The van der Waals surface area contributed by atoms with Crippen LogP contribution in [0.25, 0.3) is 0 Å². The Kier molecular flexibility index (Phi) is 6.04. The van der Waals surface area contributed by atoms with Crippen molar-refractivity contribution in [2.45, 2.75) is 22.5 Å². The standard InChI is InChI=1S/C14H14N6O3S4/c1-3-24-13-18-17-12(25-13)20-27(22,23)14-19-16-11(26-14)15-10(21)9-6-4-8(2)5-7-9/h4-7H,3H2,1-2H3,(H,17,20)(H,15,16,21). The van der Waals surface area contributed by atoms with Crippen molar-refractivity contribution in [3.63, 3.8) is 0 Å². The van der Waals surface area contributed by atoms with Crippen LogP contribution in [0.5, 0.6) is 0 Å². The van der Waals surface area contributed by atoms with E-state index in [9.17, 15) is 13.2 Å². The number of amides is 1. The van der Waals surface area contributed by atoms with Crippen molar-refractivity contribution >= 4 is 60.6 Å². The minimum Gasteiger partial charge on any atom is -0.296 e. The van der Waals surface area contributed by atoms with Crippen LogP contribution in [-0.2, 0) is 10.0 Å². The summed E-state index contributed by atoms with van der Waals surface area (Å²) in [5.74, 6) is 0.412. The Morgan fingerprint density at radius 1 is 1.07 bits per heavy atom. The second-order valence-electron chi connectivity index (χ2n) is 5.10. The molecule has 0 spiro atoms. The Balaban J connectivity index is 1.69. The highest BCUT2D eigenvalue weighted by Gasteiger charge is 2.23. The first kappa shape index (κ1) is 19.7. The number of sulfonamides is 1. The fraction of sp³-hybridized carbons (Fsp3) is 0.214. The van der Waals surface area contributed by atoms with Crippen LogP contribution in [0.15, 0.2) is 32.9 Å². The van der Waals surface area contributed by atoms with Gasteiger partial charge in [0.15, 0.2) is 4.34 Å². The van der Waals surface area contributed by atoms with E-state index in [1.54, 1.807) is 12.1 Å². The third kappa shape index (κ3) is 5.00. The van der Waals surface area contributed by atoms with Gasteiger partial charge in [-0.25, -0.2) is 0 Å². The largest absolute Gasteiger partial charge is 0.296 e. The van der Waals surface area contributed by atoms with Gasteiger partial charge in [-0.15, -0.1) is 20.4 Å². The molecule has 2 N–H and O–H groups in total. The maximum atomic E-state index is 12.4. The molecular weight excluding hydrogens is 428 g/mol. The van der Waals surface area contributed by atoms with Gasteiger partial charge in [-0.3, -0.25) is 14.8 Å². The van der Waals surface area contributed by atoms with Crippen molar-refractivity contribution in [3.05, 3.63) is 35.4 Å². The molecule has 0 atom stereocenters. The number of aromatic nitrogens is 4. The van der Waals surface area contributed by atoms with Crippen LogP contribution in [0.2, 0.25) is 0 Å². The number of carbonyl (C=O) groups excluding carboxylic acids is 1. The summed E-state index contributed by atoms with van der Waals surface area (Å²) in [5.41, 5.74) is 1.47. The van der Waals surface area contributed by atoms with Gasteiger partial charge in [0.25, 0.3) is 20.3 Å². The monoisotopic (exact) mass is 442 g/mol. The molecule has 0 aliphatic heterocycles. The highest BCUT2D eigenvalue weighted by molar-refractivity contribution is 8.01. The number of hydrogen-bond donors (Lipinski definition) is 2. The van der Waals surface area contributed by atoms with Gasteiger partial charge in [-0.1, -0.05) is 59.1 Å². The van der Waals surface area contributed by atoms with Crippen LogP contribution in [0.4, 0.5) is 10.3 Å². The second kappa shape index (κ2) is 8.29. The van der Waals surface area contributed by atoms with E-state index < -0.39 is 15.9 Å². The molecule has 27 heavy (non-hydrogen) atoms. The van der Waals surface area contributed by atoms with E-state index in [1.807, 2.05) is 26.0 Å². The van der Waals surface area contributed by atoms with Gasteiger partial charge in [0, 0.05) is 5.56 Å². The number of aryl methyl sites for hydroxylation is 1. The second-order valence-corrected chi connectivity index (χ2v) is 10.4. The van der Waals surface area contributed by atoms with Crippen molar-refractivity contribution in [2.75, 3.05) is 15.8 Å². The number of nitrogens with zero attached hydrogens (tertiary/aromatic N) is 4. The minimum atomic E-state index is -3.96. The molecule has 1 aromatic carbocycles. The number of anilines is 2. The summed E-state index contributed by atoms with van der Waals surface area (Å²) in [7, 11) is -3.96. The normalized spacial score (nSPS) is 11.3. The SMILES string of the molecule is CCSc1nnc(NS(=O)(=O)c2nnc(NC(=O)c3ccc(C)cc3)s2)s1. The zero-order valence-electron chi connectivity index (χ0n) is 14.2. The molecule has 0 fully saturated rings. The lowest BCUT2D eigenvalue weighted by Gasteiger charge is -2.01. The van der Waals surface area contributed by atoms with Gasteiger partial charge in [0.2, 0.25) is 10.3 Å². The lowest BCUT2D eigenvalue weighted by atomic mass is 10.1. The maximum Gasteiger partial charge on any atom is 0.293 e. The highest BCUT2D eigenvalue weighted by Crippen LogP contribution is 2.28. The van der Waals surface area contributed by atoms with E-state index in [0.29, 0.717) is 9.90 Å². The third-order valence-corrected chi connectivity index (χ3v) is 7.59. The summed E-state index contributed by atoms with van der Waals surface area (Å²) in [6.45, 7) is 3.88. The first-order valence-corrected chi connectivity index (χ1v) is 11.7. The smallest absolute Gasteiger partial charge is 0.293 e. The Morgan fingerprint density at radius 2 is 1.78 bits per heavy atom. The zero-order chi connectivity index (χ0) is 19.4. The molecule has 0 saturated carbocycles. The Bertz CT molecular complexity index is 1050. The van der Waals surface area contributed by atoms with Crippen molar-refractivity contribution < 1.29 is 13.2 Å². The molecule has 2 aromatic heterocycles. The molecule has 0 saturated heterocycles. The first-order valence-electron chi connectivity index (χ1n) is 7.58. The van der Waals surface area contributed by atoms with Crippen LogP contribution < -0.4 is 10.0 Å². The summed E-state index contributed by atoms with van der Waals surface area (Å²) in [4.78, 5) is 12.2. The molecule has 13 heteroatoms. The number of rotatable bonds is 7. The quantitative estimate of drug-likeness (QED) is 0.422. The maximum absolute atomic E-state index is 12.4. The molecule has 3 aromatic rings. The van der Waals surface area contributed by atoms with Gasteiger partial charge in [-0.2, -0.15) is 8.42 Å². The molecule has 142 valence electrons. The fourth-order valence-electron chi connectivity index (χ4n) is 1.83. The van der Waals surface area contributed by atoms with Crippen molar-refractivity contribution in [3.8, 4) is 0 Å². The molecule has 2 heterocycles. The van der Waals surface area contributed by atoms with Crippen molar-refractivity contribution in [1.29, 1.82) is 0 Å². The Morgan fingerprint density at radius 3 is 2.48 bits per heavy atom. The predicted molar refractivity (Wildman–Crippen MR) is 106 cm³/mol. The summed E-state index contributed by atoms with van der Waals surface area (Å²) >= 11 is 3.35. The van der Waals surface area contributed by atoms with E-state index in [1.165, 1.54) is 11.8 Å².